The van der Waals surface area contributed by atoms with Crippen LogP contribution < -0.4 is 5.32 Å². The van der Waals surface area contributed by atoms with Gasteiger partial charge >= 0.3 is 0 Å². The molecule has 20 heavy (non-hydrogen) atoms. The zero-order valence-corrected chi connectivity index (χ0v) is 13.0. The van der Waals surface area contributed by atoms with Crippen molar-refractivity contribution >= 4 is 15.9 Å². The predicted molar refractivity (Wildman–Crippen MR) is 83.1 cm³/mol. The van der Waals surface area contributed by atoms with Crippen LogP contribution in [-0.4, -0.2) is 11.5 Å². The van der Waals surface area contributed by atoms with Crippen LogP contribution in [0.15, 0.2) is 47.1 Å². The van der Waals surface area contributed by atoms with Gasteiger partial charge in [0.05, 0.1) is 11.7 Å². The number of hydrogen-bond donors (Lipinski definition) is 1. The lowest BCUT2D eigenvalue weighted by atomic mass is 10.0. The second-order valence-corrected chi connectivity index (χ2v) is 5.53. The molecule has 0 bridgehead atoms. The van der Waals surface area contributed by atoms with Gasteiger partial charge in [0.15, 0.2) is 0 Å². The molecule has 1 aromatic carbocycles. The molecule has 106 valence electrons. The van der Waals surface area contributed by atoms with E-state index in [1.54, 1.807) is 12.3 Å². The van der Waals surface area contributed by atoms with Crippen LogP contribution in [0, 0.1) is 5.82 Å². The molecule has 4 heteroatoms. The van der Waals surface area contributed by atoms with Crippen LogP contribution >= 0.6 is 15.9 Å². The maximum absolute atomic E-state index is 13.8. The zero-order valence-electron chi connectivity index (χ0n) is 11.4. The van der Waals surface area contributed by atoms with E-state index in [1.165, 1.54) is 6.07 Å². The van der Waals surface area contributed by atoms with Gasteiger partial charge in [-0.25, -0.2) is 4.39 Å². The lowest BCUT2D eigenvalue weighted by molar-refractivity contribution is 0.502. The summed E-state index contributed by atoms with van der Waals surface area (Å²) in [5.74, 6) is -0.164. The summed E-state index contributed by atoms with van der Waals surface area (Å²) in [6.45, 7) is 2.99. The molecule has 0 spiro atoms. The minimum Gasteiger partial charge on any atom is -0.308 e. The Hall–Kier alpha value is -1.26. The van der Waals surface area contributed by atoms with Crippen molar-refractivity contribution in [3.05, 3.63) is 64.1 Å². The molecule has 1 atom stereocenters. The van der Waals surface area contributed by atoms with E-state index < -0.39 is 0 Å². The summed E-state index contributed by atoms with van der Waals surface area (Å²) in [7, 11) is 0. The fraction of sp³-hybridized carbons (Fsp3) is 0.312. The summed E-state index contributed by atoms with van der Waals surface area (Å²) in [6, 6.07) is 10.7. The van der Waals surface area contributed by atoms with Gasteiger partial charge in [-0.2, -0.15) is 0 Å². The van der Waals surface area contributed by atoms with E-state index in [0.717, 1.165) is 23.1 Å². The molecule has 1 N–H and O–H groups in total. The van der Waals surface area contributed by atoms with Crippen molar-refractivity contribution in [3.8, 4) is 0 Å². The minimum atomic E-state index is -0.164. The SMILES string of the molecule is CCCNC(Cc1ccccc1F)c1ncccc1Br. The smallest absolute Gasteiger partial charge is 0.126 e. The molecule has 0 amide bonds. The van der Waals surface area contributed by atoms with Crippen LogP contribution in [0.2, 0.25) is 0 Å². The minimum absolute atomic E-state index is 0.00225. The normalized spacial score (nSPS) is 12.3. The standard InChI is InChI=1S/C16H18BrFN2/c1-2-9-19-15(16-13(17)7-5-10-20-16)11-12-6-3-4-8-14(12)18/h3-8,10,15,19H,2,9,11H2,1H3. The number of hydrogen-bond acceptors (Lipinski definition) is 2. The molecule has 0 aliphatic rings. The van der Waals surface area contributed by atoms with E-state index in [2.05, 4.69) is 33.2 Å². The molecule has 0 aliphatic heterocycles. The summed E-state index contributed by atoms with van der Waals surface area (Å²) >= 11 is 3.52. The number of halogens is 2. The molecule has 0 fully saturated rings. The van der Waals surface area contributed by atoms with Gasteiger partial charge < -0.3 is 5.32 Å². The van der Waals surface area contributed by atoms with Crippen LogP contribution in [-0.2, 0) is 6.42 Å². The average Bonchev–Trinajstić information content (AvgIpc) is 2.46. The van der Waals surface area contributed by atoms with Crippen molar-refractivity contribution in [1.82, 2.24) is 10.3 Å². The second kappa shape index (κ2) is 7.50. The Kier molecular flexibility index (Phi) is 5.68. The maximum atomic E-state index is 13.8. The van der Waals surface area contributed by atoms with Crippen molar-refractivity contribution in [2.75, 3.05) is 6.54 Å². The Balaban J connectivity index is 2.24. The highest BCUT2D eigenvalue weighted by atomic mass is 79.9. The molecular weight excluding hydrogens is 319 g/mol. The topological polar surface area (TPSA) is 24.9 Å². The average molecular weight is 337 g/mol. The summed E-state index contributed by atoms with van der Waals surface area (Å²) in [6.07, 6.45) is 3.38. The molecule has 0 saturated carbocycles. The summed E-state index contributed by atoms with van der Waals surface area (Å²) in [5.41, 5.74) is 1.63. The number of nitrogens with zero attached hydrogens (tertiary/aromatic N) is 1. The maximum Gasteiger partial charge on any atom is 0.126 e. The fourth-order valence-corrected chi connectivity index (χ4v) is 2.65. The molecule has 1 aromatic heterocycles. The first-order chi connectivity index (χ1) is 9.72. The van der Waals surface area contributed by atoms with E-state index in [9.17, 15) is 4.39 Å². The third-order valence-electron chi connectivity index (χ3n) is 3.14. The third-order valence-corrected chi connectivity index (χ3v) is 3.81. The Bertz CT molecular complexity index is 560. The van der Waals surface area contributed by atoms with Crippen molar-refractivity contribution in [1.29, 1.82) is 0 Å². The van der Waals surface area contributed by atoms with Gasteiger partial charge in [-0.1, -0.05) is 25.1 Å². The number of pyridine rings is 1. The molecule has 2 nitrogen and oxygen atoms in total. The summed E-state index contributed by atoms with van der Waals surface area (Å²) in [4.78, 5) is 4.43. The molecule has 0 saturated heterocycles. The lowest BCUT2D eigenvalue weighted by Gasteiger charge is -2.19. The first-order valence-electron chi connectivity index (χ1n) is 6.79. The second-order valence-electron chi connectivity index (χ2n) is 4.67. The number of rotatable bonds is 6. The molecule has 0 aliphatic carbocycles. The number of nitrogens with one attached hydrogen (secondary N) is 1. The van der Waals surface area contributed by atoms with Crippen molar-refractivity contribution < 1.29 is 4.39 Å². The van der Waals surface area contributed by atoms with E-state index in [4.69, 9.17) is 0 Å². The van der Waals surface area contributed by atoms with Gasteiger partial charge in [-0.05, 0) is 59.1 Å². The van der Waals surface area contributed by atoms with E-state index >= 15 is 0 Å². The number of benzene rings is 1. The van der Waals surface area contributed by atoms with E-state index in [0.29, 0.717) is 12.0 Å². The number of aromatic nitrogens is 1. The Labute approximate surface area is 127 Å². The fourth-order valence-electron chi connectivity index (χ4n) is 2.12. The van der Waals surface area contributed by atoms with E-state index in [1.807, 2.05) is 24.3 Å². The summed E-state index contributed by atoms with van der Waals surface area (Å²) in [5, 5.41) is 3.44. The molecule has 0 radical (unpaired) electrons. The molecule has 1 unspecified atom stereocenters. The highest BCUT2D eigenvalue weighted by molar-refractivity contribution is 9.10. The van der Waals surface area contributed by atoms with Gasteiger partial charge in [-0.3, -0.25) is 4.98 Å². The Morgan fingerprint density at radius 1 is 1.25 bits per heavy atom. The quantitative estimate of drug-likeness (QED) is 0.852. The molecule has 2 rings (SSSR count). The zero-order chi connectivity index (χ0) is 14.4. The van der Waals surface area contributed by atoms with Crippen LogP contribution in [0.4, 0.5) is 4.39 Å². The lowest BCUT2D eigenvalue weighted by Crippen LogP contribution is -2.25. The highest BCUT2D eigenvalue weighted by Gasteiger charge is 2.17. The Morgan fingerprint density at radius 2 is 2.05 bits per heavy atom. The van der Waals surface area contributed by atoms with Crippen molar-refractivity contribution in [3.63, 3.8) is 0 Å². The molecule has 2 aromatic rings. The molecule has 1 heterocycles. The van der Waals surface area contributed by atoms with Crippen LogP contribution in [0.25, 0.3) is 0 Å². The van der Waals surface area contributed by atoms with Gasteiger partial charge in [0.1, 0.15) is 5.82 Å². The Morgan fingerprint density at radius 3 is 2.75 bits per heavy atom. The predicted octanol–water partition coefficient (Wildman–Crippen LogP) is 4.27. The summed E-state index contributed by atoms with van der Waals surface area (Å²) < 4.78 is 14.8. The van der Waals surface area contributed by atoms with Crippen LogP contribution in [0.5, 0.6) is 0 Å². The van der Waals surface area contributed by atoms with Gasteiger partial charge in [-0.15, -0.1) is 0 Å². The van der Waals surface area contributed by atoms with Gasteiger partial charge in [0, 0.05) is 10.7 Å². The largest absolute Gasteiger partial charge is 0.308 e. The van der Waals surface area contributed by atoms with Crippen LogP contribution in [0.3, 0.4) is 0 Å². The molecular formula is C16H18BrFN2. The van der Waals surface area contributed by atoms with Gasteiger partial charge in [0.25, 0.3) is 0 Å². The first-order valence-corrected chi connectivity index (χ1v) is 7.59. The van der Waals surface area contributed by atoms with Crippen molar-refractivity contribution in [2.45, 2.75) is 25.8 Å². The third kappa shape index (κ3) is 3.87. The van der Waals surface area contributed by atoms with Gasteiger partial charge in [0.2, 0.25) is 0 Å². The monoisotopic (exact) mass is 336 g/mol. The van der Waals surface area contributed by atoms with Crippen molar-refractivity contribution in [2.24, 2.45) is 0 Å². The first kappa shape index (κ1) is 15.1. The van der Waals surface area contributed by atoms with E-state index in [-0.39, 0.29) is 11.9 Å². The van der Waals surface area contributed by atoms with Crippen LogP contribution in [0.1, 0.15) is 30.6 Å². The highest BCUT2D eigenvalue weighted by Crippen LogP contribution is 2.24.